The molecule has 136 valence electrons. The number of hydrogen-bond acceptors (Lipinski definition) is 6. The minimum Gasteiger partial charge on any atom is -0.393 e. The predicted molar refractivity (Wildman–Crippen MR) is 98.1 cm³/mol. The molecule has 0 spiro atoms. The highest BCUT2D eigenvalue weighted by Crippen LogP contribution is 2.39. The van der Waals surface area contributed by atoms with E-state index in [4.69, 9.17) is 0 Å². The van der Waals surface area contributed by atoms with Crippen molar-refractivity contribution in [2.24, 2.45) is 5.92 Å². The molecule has 1 fully saturated rings. The molecule has 3 aromatic heterocycles. The number of fused-ring (bicyclic) bond motifs is 1. The van der Waals surface area contributed by atoms with Crippen LogP contribution in [0.1, 0.15) is 59.7 Å². The van der Waals surface area contributed by atoms with Gasteiger partial charge in [0.1, 0.15) is 12.0 Å². The fourth-order valence-electron chi connectivity index (χ4n) is 3.37. The first-order valence-corrected chi connectivity index (χ1v) is 9.64. The van der Waals surface area contributed by atoms with Crippen LogP contribution in [0.15, 0.2) is 29.9 Å². The van der Waals surface area contributed by atoms with Crippen LogP contribution in [0.3, 0.4) is 0 Å². The zero-order chi connectivity index (χ0) is 18.3. The van der Waals surface area contributed by atoms with E-state index >= 15 is 0 Å². The lowest BCUT2D eigenvalue weighted by Crippen LogP contribution is -2.41. The molecule has 4 rings (SSSR count). The molecule has 8 heteroatoms. The molecule has 0 bridgehead atoms. The van der Waals surface area contributed by atoms with Crippen molar-refractivity contribution in [1.29, 1.82) is 0 Å². The van der Waals surface area contributed by atoms with Gasteiger partial charge in [-0.1, -0.05) is 19.9 Å². The zero-order valence-corrected chi connectivity index (χ0v) is 15.5. The summed E-state index contributed by atoms with van der Waals surface area (Å²) in [5, 5.41) is 19.0. The van der Waals surface area contributed by atoms with Crippen LogP contribution in [0.2, 0.25) is 0 Å². The van der Waals surface area contributed by atoms with Gasteiger partial charge in [-0.15, -0.1) is 11.3 Å². The summed E-state index contributed by atoms with van der Waals surface area (Å²) in [6.45, 7) is 4.09. The fraction of sp³-hybridized carbons (Fsp3) is 0.444. The number of rotatable bonds is 5. The Labute approximate surface area is 155 Å². The number of nitrogens with zero attached hydrogens (tertiary/aromatic N) is 4. The minimum absolute atomic E-state index is 0.107. The summed E-state index contributed by atoms with van der Waals surface area (Å²) in [6, 6.07) is 5.67. The first-order chi connectivity index (χ1) is 12.5. The van der Waals surface area contributed by atoms with Gasteiger partial charge in [-0.2, -0.15) is 10.1 Å². The summed E-state index contributed by atoms with van der Waals surface area (Å²) in [5.41, 5.74) is 1.24. The number of aliphatic hydroxyl groups is 1. The monoisotopic (exact) mass is 371 g/mol. The molecular weight excluding hydrogens is 350 g/mol. The third kappa shape index (κ3) is 3.10. The molecule has 1 aliphatic carbocycles. The molecule has 1 saturated carbocycles. The molecule has 26 heavy (non-hydrogen) atoms. The molecule has 0 unspecified atom stereocenters. The van der Waals surface area contributed by atoms with Crippen molar-refractivity contribution in [3.8, 4) is 0 Å². The SMILES string of the molecule is CC(C)c1cc(C(=O)N[C@@H](c2cccs2)C2CC(O)C2)nc2ncnn12. The number of aliphatic hydroxyl groups excluding tert-OH is 1. The number of thiophene rings is 1. The van der Waals surface area contributed by atoms with Gasteiger partial charge in [0.2, 0.25) is 0 Å². The van der Waals surface area contributed by atoms with Gasteiger partial charge in [0.25, 0.3) is 11.7 Å². The Balaban J connectivity index is 1.63. The van der Waals surface area contributed by atoms with Crippen molar-refractivity contribution >= 4 is 23.0 Å². The summed E-state index contributed by atoms with van der Waals surface area (Å²) >= 11 is 1.62. The molecule has 2 N–H and O–H groups in total. The maximum Gasteiger partial charge on any atom is 0.270 e. The van der Waals surface area contributed by atoms with Crippen LogP contribution in [0.5, 0.6) is 0 Å². The average molecular weight is 371 g/mol. The van der Waals surface area contributed by atoms with Crippen molar-refractivity contribution in [3.05, 3.63) is 46.2 Å². The molecule has 1 amide bonds. The van der Waals surface area contributed by atoms with Crippen LogP contribution in [0, 0.1) is 5.92 Å². The van der Waals surface area contributed by atoms with Crippen LogP contribution < -0.4 is 5.32 Å². The van der Waals surface area contributed by atoms with E-state index in [-0.39, 0.29) is 29.9 Å². The minimum atomic E-state index is -0.266. The Morgan fingerprint density at radius 1 is 1.42 bits per heavy atom. The third-order valence-electron chi connectivity index (χ3n) is 4.86. The summed E-state index contributed by atoms with van der Waals surface area (Å²) in [7, 11) is 0. The average Bonchev–Trinajstić information content (AvgIpc) is 3.26. The lowest BCUT2D eigenvalue weighted by Gasteiger charge is -2.37. The predicted octanol–water partition coefficient (Wildman–Crippen LogP) is 2.55. The molecule has 0 saturated heterocycles. The van der Waals surface area contributed by atoms with Crippen LogP contribution >= 0.6 is 11.3 Å². The van der Waals surface area contributed by atoms with Gasteiger partial charge >= 0.3 is 0 Å². The van der Waals surface area contributed by atoms with Crippen molar-refractivity contribution in [1.82, 2.24) is 24.9 Å². The van der Waals surface area contributed by atoms with E-state index in [1.54, 1.807) is 21.9 Å². The summed E-state index contributed by atoms with van der Waals surface area (Å²) in [5.74, 6) is 0.628. The van der Waals surface area contributed by atoms with E-state index in [1.165, 1.54) is 6.33 Å². The number of nitrogens with one attached hydrogen (secondary N) is 1. The van der Waals surface area contributed by atoms with Crippen molar-refractivity contribution in [2.45, 2.75) is 44.8 Å². The lowest BCUT2D eigenvalue weighted by atomic mass is 9.76. The number of carbonyl (C=O) groups is 1. The van der Waals surface area contributed by atoms with Crippen LogP contribution in [-0.4, -0.2) is 36.7 Å². The Morgan fingerprint density at radius 3 is 2.88 bits per heavy atom. The van der Waals surface area contributed by atoms with E-state index in [0.717, 1.165) is 10.6 Å². The van der Waals surface area contributed by atoms with E-state index < -0.39 is 0 Å². The Kier molecular flexibility index (Phi) is 4.46. The Morgan fingerprint density at radius 2 is 2.23 bits per heavy atom. The molecule has 0 aliphatic heterocycles. The quantitative estimate of drug-likeness (QED) is 0.719. The third-order valence-corrected chi connectivity index (χ3v) is 5.82. The molecule has 0 radical (unpaired) electrons. The standard InChI is InChI=1S/C18H21N5O2S/c1-10(2)14-8-13(21-18-19-9-20-23(14)18)17(25)22-16(11-6-12(24)7-11)15-4-3-5-26-15/h3-5,8-12,16,24H,6-7H2,1-2H3,(H,22,25)/t11?,12?,16-/m1/s1. The molecule has 1 aliphatic rings. The second-order valence-electron chi connectivity index (χ2n) is 7.04. The van der Waals surface area contributed by atoms with Crippen LogP contribution in [0.25, 0.3) is 5.78 Å². The van der Waals surface area contributed by atoms with Crippen molar-refractivity contribution < 1.29 is 9.90 Å². The van der Waals surface area contributed by atoms with Gasteiger partial charge < -0.3 is 10.4 Å². The van der Waals surface area contributed by atoms with Gasteiger partial charge in [0.15, 0.2) is 0 Å². The maximum absolute atomic E-state index is 12.9. The first-order valence-electron chi connectivity index (χ1n) is 8.76. The topological polar surface area (TPSA) is 92.4 Å². The smallest absolute Gasteiger partial charge is 0.270 e. The second kappa shape index (κ2) is 6.77. The number of hydrogen-bond donors (Lipinski definition) is 2. The maximum atomic E-state index is 12.9. The molecule has 3 aromatic rings. The van der Waals surface area contributed by atoms with E-state index in [9.17, 15) is 9.90 Å². The highest BCUT2D eigenvalue weighted by atomic mass is 32.1. The summed E-state index contributed by atoms with van der Waals surface area (Å²) in [4.78, 5) is 22.5. The summed E-state index contributed by atoms with van der Waals surface area (Å²) < 4.78 is 1.67. The molecule has 3 heterocycles. The van der Waals surface area contributed by atoms with Gasteiger partial charge in [0.05, 0.1) is 17.8 Å². The van der Waals surface area contributed by atoms with E-state index in [2.05, 4.69) is 20.4 Å². The van der Waals surface area contributed by atoms with Crippen LogP contribution in [-0.2, 0) is 0 Å². The largest absolute Gasteiger partial charge is 0.393 e. The van der Waals surface area contributed by atoms with Gasteiger partial charge in [-0.05, 0) is 42.2 Å². The fourth-order valence-corrected chi connectivity index (χ4v) is 4.24. The Bertz CT molecular complexity index is 915. The Hall–Kier alpha value is -2.32. The van der Waals surface area contributed by atoms with Crippen LogP contribution in [0.4, 0.5) is 0 Å². The van der Waals surface area contributed by atoms with Gasteiger partial charge in [0, 0.05) is 4.88 Å². The lowest BCUT2D eigenvalue weighted by molar-refractivity contribution is 0.0240. The van der Waals surface area contributed by atoms with E-state index in [0.29, 0.717) is 24.3 Å². The van der Waals surface area contributed by atoms with Gasteiger partial charge in [-0.3, -0.25) is 4.79 Å². The zero-order valence-electron chi connectivity index (χ0n) is 14.7. The highest BCUT2D eigenvalue weighted by Gasteiger charge is 2.36. The van der Waals surface area contributed by atoms with Crippen molar-refractivity contribution in [3.63, 3.8) is 0 Å². The van der Waals surface area contributed by atoms with Gasteiger partial charge in [-0.25, -0.2) is 9.50 Å². The first kappa shape index (κ1) is 17.1. The molecular formula is C18H21N5O2S. The normalized spacial score (nSPS) is 20.9. The number of carbonyl (C=O) groups excluding carboxylic acids is 1. The molecule has 0 aromatic carbocycles. The van der Waals surface area contributed by atoms with Crippen molar-refractivity contribution in [2.75, 3.05) is 0 Å². The highest BCUT2D eigenvalue weighted by molar-refractivity contribution is 7.10. The molecule has 7 nitrogen and oxygen atoms in total. The number of amides is 1. The second-order valence-corrected chi connectivity index (χ2v) is 8.02. The number of aromatic nitrogens is 4. The summed E-state index contributed by atoms with van der Waals surface area (Å²) in [6.07, 6.45) is 2.59. The van der Waals surface area contributed by atoms with E-state index in [1.807, 2.05) is 31.4 Å². The molecule has 1 atom stereocenters.